The zero-order valence-electron chi connectivity index (χ0n) is 17.3. The van der Waals surface area contributed by atoms with Gasteiger partial charge < -0.3 is 15.1 Å². The molecule has 160 valence electrons. The second-order valence-corrected chi connectivity index (χ2v) is 7.49. The van der Waals surface area contributed by atoms with Gasteiger partial charge in [0.25, 0.3) is 0 Å². The SMILES string of the molecule is CCN(CC)CC.O=C(O)c1c(O)c(Cc2ccc(Cl)cc2)nc2c(Cl)cccc12. The highest BCUT2D eigenvalue weighted by molar-refractivity contribution is 6.35. The Morgan fingerprint density at radius 3 is 2.10 bits per heavy atom. The van der Waals surface area contributed by atoms with Crippen molar-refractivity contribution in [3.8, 4) is 5.75 Å². The highest BCUT2D eigenvalue weighted by Crippen LogP contribution is 2.33. The Hall–Kier alpha value is -2.34. The molecule has 0 bridgehead atoms. The molecule has 1 heterocycles. The van der Waals surface area contributed by atoms with Crippen molar-refractivity contribution in [1.29, 1.82) is 0 Å². The number of pyridine rings is 1. The number of carboxylic acid groups (broad SMARTS) is 1. The fourth-order valence-electron chi connectivity index (χ4n) is 3.10. The van der Waals surface area contributed by atoms with E-state index in [1.165, 1.54) is 19.6 Å². The Labute approximate surface area is 186 Å². The number of para-hydroxylation sites is 1. The summed E-state index contributed by atoms with van der Waals surface area (Å²) in [6.45, 7) is 10.1. The Kier molecular flexibility index (Phi) is 8.90. The monoisotopic (exact) mass is 448 g/mol. The number of rotatable bonds is 6. The summed E-state index contributed by atoms with van der Waals surface area (Å²) >= 11 is 12.0. The van der Waals surface area contributed by atoms with Gasteiger partial charge in [-0.05, 0) is 43.4 Å². The molecular weight excluding hydrogens is 423 g/mol. The highest BCUT2D eigenvalue weighted by atomic mass is 35.5. The molecule has 3 aromatic rings. The number of hydrogen-bond donors (Lipinski definition) is 2. The lowest BCUT2D eigenvalue weighted by Gasteiger charge is -2.13. The number of benzene rings is 2. The molecule has 5 nitrogen and oxygen atoms in total. The molecule has 2 N–H and O–H groups in total. The van der Waals surface area contributed by atoms with E-state index in [4.69, 9.17) is 23.2 Å². The molecule has 0 amide bonds. The van der Waals surface area contributed by atoms with Crippen molar-refractivity contribution < 1.29 is 15.0 Å². The third kappa shape index (κ3) is 5.85. The summed E-state index contributed by atoms with van der Waals surface area (Å²) in [5, 5.41) is 21.0. The van der Waals surface area contributed by atoms with Crippen LogP contribution in [0, 0.1) is 0 Å². The van der Waals surface area contributed by atoms with Gasteiger partial charge in [0.1, 0.15) is 5.56 Å². The minimum Gasteiger partial charge on any atom is -0.505 e. The normalized spacial score (nSPS) is 10.7. The first kappa shape index (κ1) is 23.9. The molecule has 0 spiro atoms. The van der Waals surface area contributed by atoms with Gasteiger partial charge in [-0.3, -0.25) is 0 Å². The average molecular weight is 449 g/mol. The van der Waals surface area contributed by atoms with Crippen molar-refractivity contribution in [2.24, 2.45) is 0 Å². The molecule has 0 unspecified atom stereocenters. The summed E-state index contributed by atoms with van der Waals surface area (Å²) in [7, 11) is 0. The quantitative estimate of drug-likeness (QED) is 0.491. The van der Waals surface area contributed by atoms with Gasteiger partial charge in [0.2, 0.25) is 0 Å². The minimum atomic E-state index is -1.23. The maximum atomic E-state index is 11.5. The van der Waals surface area contributed by atoms with Crippen LogP contribution in [-0.2, 0) is 6.42 Å². The zero-order valence-corrected chi connectivity index (χ0v) is 18.8. The lowest BCUT2D eigenvalue weighted by atomic mass is 10.0. The van der Waals surface area contributed by atoms with E-state index in [1.807, 2.05) is 0 Å². The first-order valence-electron chi connectivity index (χ1n) is 9.82. The summed E-state index contributed by atoms with van der Waals surface area (Å²) in [5.41, 5.74) is 1.26. The number of aromatic carboxylic acids is 1. The van der Waals surface area contributed by atoms with E-state index in [-0.39, 0.29) is 23.4 Å². The van der Waals surface area contributed by atoms with Crippen molar-refractivity contribution in [1.82, 2.24) is 9.88 Å². The van der Waals surface area contributed by atoms with Gasteiger partial charge in [-0.15, -0.1) is 0 Å². The van der Waals surface area contributed by atoms with Gasteiger partial charge >= 0.3 is 5.97 Å². The molecule has 0 radical (unpaired) electrons. The molecule has 0 aliphatic rings. The Morgan fingerprint density at radius 1 is 1.00 bits per heavy atom. The number of carbonyl (C=O) groups is 1. The molecule has 7 heteroatoms. The van der Waals surface area contributed by atoms with E-state index < -0.39 is 5.97 Å². The predicted octanol–water partition coefficient (Wildman–Crippen LogP) is 5.88. The van der Waals surface area contributed by atoms with Crippen molar-refractivity contribution in [3.05, 3.63) is 69.3 Å². The van der Waals surface area contributed by atoms with Gasteiger partial charge in [-0.1, -0.05) is 68.2 Å². The van der Waals surface area contributed by atoms with Crippen LogP contribution < -0.4 is 0 Å². The van der Waals surface area contributed by atoms with Gasteiger partial charge in [-0.25, -0.2) is 9.78 Å². The number of aromatic hydroxyl groups is 1. The van der Waals surface area contributed by atoms with E-state index in [9.17, 15) is 15.0 Å². The van der Waals surface area contributed by atoms with Crippen molar-refractivity contribution in [2.45, 2.75) is 27.2 Å². The smallest absolute Gasteiger partial charge is 0.340 e. The van der Waals surface area contributed by atoms with Crippen LogP contribution in [0.2, 0.25) is 10.0 Å². The van der Waals surface area contributed by atoms with Crippen molar-refractivity contribution >= 4 is 40.1 Å². The molecular formula is C23H26Cl2N2O3. The van der Waals surface area contributed by atoms with E-state index >= 15 is 0 Å². The highest BCUT2D eigenvalue weighted by Gasteiger charge is 2.21. The van der Waals surface area contributed by atoms with Crippen LogP contribution in [0.15, 0.2) is 42.5 Å². The Bertz CT molecular complexity index is 998. The summed E-state index contributed by atoms with van der Waals surface area (Å²) in [5.74, 6) is -1.57. The molecule has 1 aromatic heterocycles. The van der Waals surface area contributed by atoms with Gasteiger partial charge in [0.15, 0.2) is 5.75 Å². The molecule has 0 atom stereocenters. The van der Waals surface area contributed by atoms with E-state index in [0.29, 0.717) is 20.9 Å². The van der Waals surface area contributed by atoms with Gasteiger partial charge in [0.05, 0.1) is 16.2 Å². The molecule has 0 aliphatic carbocycles. The Balaban J connectivity index is 0.000000396. The summed E-state index contributed by atoms with van der Waals surface area (Å²) in [6.07, 6.45) is 0.268. The average Bonchev–Trinajstić information content (AvgIpc) is 2.72. The third-order valence-electron chi connectivity index (χ3n) is 4.85. The largest absolute Gasteiger partial charge is 0.505 e. The second kappa shape index (κ2) is 11.2. The van der Waals surface area contributed by atoms with Crippen LogP contribution in [0.1, 0.15) is 42.4 Å². The predicted molar refractivity (Wildman–Crippen MR) is 123 cm³/mol. The fourth-order valence-corrected chi connectivity index (χ4v) is 3.44. The summed E-state index contributed by atoms with van der Waals surface area (Å²) in [4.78, 5) is 18.3. The van der Waals surface area contributed by atoms with E-state index in [1.54, 1.807) is 42.5 Å². The number of fused-ring (bicyclic) bond motifs is 1. The fraction of sp³-hybridized carbons (Fsp3) is 0.304. The molecule has 2 aromatic carbocycles. The van der Waals surface area contributed by atoms with Crippen LogP contribution in [-0.4, -0.2) is 45.7 Å². The molecule has 3 rings (SSSR count). The number of aromatic nitrogens is 1. The zero-order chi connectivity index (χ0) is 22.3. The maximum Gasteiger partial charge on any atom is 0.340 e. The topological polar surface area (TPSA) is 73.7 Å². The minimum absolute atomic E-state index is 0.193. The first-order chi connectivity index (χ1) is 14.3. The van der Waals surface area contributed by atoms with Crippen molar-refractivity contribution in [2.75, 3.05) is 19.6 Å². The summed E-state index contributed by atoms with van der Waals surface area (Å²) < 4.78 is 0. The van der Waals surface area contributed by atoms with Gasteiger partial charge in [0, 0.05) is 16.8 Å². The molecule has 0 fully saturated rings. The van der Waals surface area contributed by atoms with Crippen LogP contribution in [0.5, 0.6) is 5.75 Å². The van der Waals surface area contributed by atoms with Crippen molar-refractivity contribution in [3.63, 3.8) is 0 Å². The second-order valence-electron chi connectivity index (χ2n) is 6.65. The lowest BCUT2D eigenvalue weighted by molar-refractivity contribution is 0.0695. The van der Waals surface area contributed by atoms with Gasteiger partial charge in [-0.2, -0.15) is 0 Å². The number of carboxylic acids is 1. The molecule has 30 heavy (non-hydrogen) atoms. The first-order valence-corrected chi connectivity index (χ1v) is 10.6. The molecule has 0 saturated carbocycles. The standard InChI is InChI=1S/C17H11Cl2NO3.C6H15N/c18-10-6-4-9(5-7-10)8-13-16(21)14(17(22)23)11-2-1-3-12(19)15(11)20-13;1-4-7(5-2)6-3/h1-7,21H,8H2,(H,22,23);4-6H2,1-3H3. The van der Waals surface area contributed by atoms with Crippen LogP contribution >= 0.6 is 23.2 Å². The van der Waals surface area contributed by atoms with Crippen LogP contribution in [0.3, 0.4) is 0 Å². The number of halogens is 2. The van der Waals surface area contributed by atoms with E-state index in [2.05, 4.69) is 30.7 Å². The van der Waals surface area contributed by atoms with Crippen LogP contribution in [0.25, 0.3) is 10.9 Å². The Morgan fingerprint density at radius 2 is 1.60 bits per heavy atom. The maximum absolute atomic E-state index is 11.5. The lowest BCUT2D eigenvalue weighted by Crippen LogP contribution is -2.21. The molecule has 0 aliphatic heterocycles. The third-order valence-corrected chi connectivity index (χ3v) is 5.41. The number of hydrogen-bond acceptors (Lipinski definition) is 4. The summed E-state index contributed by atoms with van der Waals surface area (Å²) in [6, 6.07) is 11.9. The molecule has 0 saturated heterocycles. The van der Waals surface area contributed by atoms with Crippen LogP contribution in [0.4, 0.5) is 0 Å². The number of nitrogens with zero attached hydrogens (tertiary/aromatic N) is 2. The van der Waals surface area contributed by atoms with E-state index in [0.717, 1.165) is 5.56 Å².